The summed E-state index contributed by atoms with van der Waals surface area (Å²) in [5.41, 5.74) is 1.19. The fourth-order valence-electron chi connectivity index (χ4n) is 2.40. The smallest absolute Gasteiger partial charge is 0.260 e. The van der Waals surface area contributed by atoms with E-state index in [9.17, 15) is 8.42 Å². The SMILES string of the molecule is O=S(=O)(c1cnc[nH]1)N1CCN(Cc2ccncc2)CC1. The Morgan fingerprint density at radius 1 is 1.10 bits per heavy atom. The van der Waals surface area contributed by atoms with Crippen LogP contribution in [0.5, 0.6) is 0 Å². The molecule has 21 heavy (non-hydrogen) atoms. The van der Waals surface area contributed by atoms with Gasteiger partial charge in [0.1, 0.15) is 0 Å². The minimum Gasteiger partial charge on any atom is -0.335 e. The van der Waals surface area contributed by atoms with Crippen LogP contribution in [-0.4, -0.2) is 58.8 Å². The van der Waals surface area contributed by atoms with Crippen LogP contribution in [-0.2, 0) is 16.6 Å². The first kappa shape index (κ1) is 14.2. The third-order valence-electron chi connectivity index (χ3n) is 3.58. The Balaban J connectivity index is 1.61. The Hall–Kier alpha value is -1.77. The lowest BCUT2D eigenvalue weighted by molar-refractivity contribution is 0.181. The molecule has 1 aliphatic rings. The van der Waals surface area contributed by atoms with Crippen molar-refractivity contribution in [3.05, 3.63) is 42.6 Å². The second kappa shape index (κ2) is 5.92. The van der Waals surface area contributed by atoms with Crippen molar-refractivity contribution in [1.82, 2.24) is 24.2 Å². The van der Waals surface area contributed by atoms with Crippen molar-refractivity contribution >= 4 is 10.0 Å². The monoisotopic (exact) mass is 307 g/mol. The summed E-state index contributed by atoms with van der Waals surface area (Å²) in [4.78, 5) is 12.7. The van der Waals surface area contributed by atoms with E-state index in [4.69, 9.17) is 0 Å². The highest BCUT2D eigenvalue weighted by Gasteiger charge is 2.29. The standard InChI is InChI=1S/C13H17N5O2S/c19-21(20,13-9-15-11-16-13)18-7-5-17(6-8-18)10-12-1-3-14-4-2-12/h1-4,9,11H,5-8,10H2,(H,15,16). The first-order chi connectivity index (χ1) is 10.2. The van der Waals surface area contributed by atoms with E-state index in [1.807, 2.05) is 12.1 Å². The fraction of sp³-hybridized carbons (Fsp3) is 0.385. The van der Waals surface area contributed by atoms with E-state index < -0.39 is 10.0 Å². The van der Waals surface area contributed by atoms with Crippen molar-refractivity contribution in [2.45, 2.75) is 11.6 Å². The fourth-order valence-corrected chi connectivity index (χ4v) is 3.72. The van der Waals surface area contributed by atoms with Crippen LogP contribution in [0, 0.1) is 0 Å². The van der Waals surface area contributed by atoms with Crippen LogP contribution in [0.3, 0.4) is 0 Å². The molecular formula is C13H17N5O2S. The van der Waals surface area contributed by atoms with Crippen molar-refractivity contribution in [3.63, 3.8) is 0 Å². The molecule has 1 N–H and O–H groups in total. The molecule has 1 aliphatic heterocycles. The molecule has 8 heteroatoms. The molecule has 3 rings (SSSR count). The number of hydrogen-bond acceptors (Lipinski definition) is 5. The van der Waals surface area contributed by atoms with Crippen LogP contribution in [0.1, 0.15) is 5.56 Å². The van der Waals surface area contributed by atoms with Gasteiger partial charge in [-0.05, 0) is 17.7 Å². The summed E-state index contributed by atoms with van der Waals surface area (Å²) in [7, 11) is -3.44. The molecule has 1 fully saturated rings. The molecule has 7 nitrogen and oxygen atoms in total. The van der Waals surface area contributed by atoms with Crippen LogP contribution in [0.2, 0.25) is 0 Å². The second-order valence-corrected chi connectivity index (χ2v) is 6.86. The molecule has 0 radical (unpaired) electrons. The molecule has 1 saturated heterocycles. The first-order valence-corrected chi connectivity index (χ1v) is 8.20. The number of rotatable bonds is 4. The third-order valence-corrected chi connectivity index (χ3v) is 5.40. The van der Waals surface area contributed by atoms with E-state index in [1.54, 1.807) is 12.4 Å². The number of H-pyrrole nitrogens is 1. The van der Waals surface area contributed by atoms with Gasteiger partial charge in [0.25, 0.3) is 10.0 Å². The molecule has 0 unspecified atom stereocenters. The van der Waals surface area contributed by atoms with Crippen LogP contribution < -0.4 is 0 Å². The summed E-state index contributed by atoms with van der Waals surface area (Å²) in [5, 5.41) is 0.157. The summed E-state index contributed by atoms with van der Waals surface area (Å²) in [6.45, 7) is 3.24. The van der Waals surface area contributed by atoms with E-state index in [1.165, 1.54) is 22.4 Å². The Labute approximate surface area is 123 Å². The molecule has 0 aromatic carbocycles. The number of sulfonamides is 1. The van der Waals surface area contributed by atoms with E-state index in [2.05, 4.69) is 19.9 Å². The number of piperazine rings is 1. The minimum atomic E-state index is -3.44. The maximum absolute atomic E-state index is 12.3. The zero-order valence-electron chi connectivity index (χ0n) is 11.5. The maximum Gasteiger partial charge on any atom is 0.260 e. The van der Waals surface area contributed by atoms with Gasteiger partial charge in [-0.15, -0.1) is 0 Å². The van der Waals surface area contributed by atoms with Crippen LogP contribution >= 0.6 is 0 Å². The lowest BCUT2D eigenvalue weighted by Crippen LogP contribution is -2.48. The molecule has 2 aromatic heterocycles. The maximum atomic E-state index is 12.3. The Kier molecular flexibility index (Phi) is 4.00. The zero-order chi connectivity index (χ0) is 14.7. The highest BCUT2D eigenvalue weighted by atomic mass is 32.2. The van der Waals surface area contributed by atoms with E-state index in [-0.39, 0.29) is 5.03 Å². The molecule has 0 saturated carbocycles. The molecule has 0 atom stereocenters. The van der Waals surface area contributed by atoms with Crippen molar-refractivity contribution < 1.29 is 8.42 Å². The molecule has 0 spiro atoms. The lowest BCUT2D eigenvalue weighted by atomic mass is 10.2. The Morgan fingerprint density at radius 2 is 1.81 bits per heavy atom. The molecule has 0 bridgehead atoms. The van der Waals surface area contributed by atoms with Gasteiger partial charge in [-0.3, -0.25) is 9.88 Å². The summed E-state index contributed by atoms with van der Waals surface area (Å²) in [6.07, 6.45) is 6.27. The number of hydrogen-bond donors (Lipinski definition) is 1. The quantitative estimate of drug-likeness (QED) is 0.879. The summed E-state index contributed by atoms with van der Waals surface area (Å²) in [5.74, 6) is 0. The number of aromatic amines is 1. The van der Waals surface area contributed by atoms with E-state index >= 15 is 0 Å². The Morgan fingerprint density at radius 3 is 2.43 bits per heavy atom. The summed E-state index contributed by atoms with van der Waals surface area (Å²) < 4.78 is 26.2. The van der Waals surface area contributed by atoms with Gasteiger partial charge in [-0.1, -0.05) is 0 Å². The van der Waals surface area contributed by atoms with E-state index in [0.29, 0.717) is 13.1 Å². The molecule has 3 heterocycles. The van der Waals surface area contributed by atoms with Gasteiger partial charge in [0.2, 0.25) is 0 Å². The van der Waals surface area contributed by atoms with Gasteiger partial charge in [0, 0.05) is 45.1 Å². The van der Waals surface area contributed by atoms with Crippen LogP contribution in [0.25, 0.3) is 0 Å². The predicted molar refractivity (Wildman–Crippen MR) is 76.9 cm³/mol. The molecule has 112 valence electrons. The lowest BCUT2D eigenvalue weighted by Gasteiger charge is -2.33. The molecule has 0 aliphatic carbocycles. The summed E-state index contributed by atoms with van der Waals surface area (Å²) >= 11 is 0. The van der Waals surface area contributed by atoms with Crippen molar-refractivity contribution in [1.29, 1.82) is 0 Å². The Bertz CT molecular complexity index is 664. The second-order valence-electron chi connectivity index (χ2n) is 4.95. The number of pyridine rings is 1. The van der Waals surface area contributed by atoms with Gasteiger partial charge < -0.3 is 4.98 Å². The average molecular weight is 307 g/mol. The van der Waals surface area contributed by atoms with Crippen molar-refractivity contribution in [2.24, 2.45) is 0 Å². The van der Waals surface area contributed by atoms with Gasteiger partial charge in [0.05, 0.1) is 12.5 Å². The van der Waals surface area contributed by atoms with Gasteiger partial charge in [0.15, 0.2) is 5.03 Å². The topological polar surface area (TPSA) is 82.2 Å². The predicted octanol–water partition coefficient (Wildman–Crippen LogP) is 0.311. The minimum absolute atomic E-state index is 0.157. The summed E-state index contributed by atoms with van der Waals surface area (Å²) in [6, 6.07) is 3.96. The molecule has 2 aromatic rings. The van der Waals surface area contributed by atoms with Crippen molar-refractivity contribution in [3.8, 4) is 0 Å². The first-order valence-electron chi connectivity index (χ1n) is 6.76. The van der Waals surface area contributed by atoms with Gasteiger partial charge in [-0.25, -0.2) is 13.4 Å². The highest BCUT2D eigenvalue weighted by molar-refractivity contribution is 7.89. The third kappa shape index (κ3) is 3.12. The van der Waals surface area contributed by atoms with E-state index in [0.717, 1.165) is 19.6 Å². The van der Waals surface area contributed by atoms with Gasteiger partial charge in [-0.2, -0.15) is 4.31 Å². The molecular weight excluding hydrogens is 290 g/mol. The number of imidazole rings is 1. The van der Waals surface area contributed by atoms with Crippen LogP contribution in [0.15, 0.2) is 42.1 Å². The average Bonchev–Trinajstić information content (AvgIpc) is 3.04. The number of nitrogens with zero attached hydrogens (tertiary/aromatic N) is 4. The van der Waals surface area contributed by atoms with Crippen molar-refractivity contribution in [2.75, 3.05) is 26.2 Å². The largest absolute Gasteiger partial charge is 0.335 e. The zero-order valence-corrected chi connectivity index (χ0v) is 12.3. The highest BCUT2D eigenvalue weighted by Crippen LogP contribution is 2.15. The van der Waals surface area contributed by atoms with Crippen LogP contribution in [0.4, 0.5) is 0 Å². The normalized spacial score (nSPS) is 17.9. The molecule has 0 amide bonds. The number of nitrogens with one attached hydrogen (secondary N) is 1. The number of aromatic nitrogens is 3. The van der Waals surface area contributed by atoms with Gasteiger partial charge >= 0.3 is 0 Å².